The van der Waals surface area contributed by atoms with Gasteiger partial charge in [0.05, 0.1) is 6.04 Å². The van der Waals surface area contributed by atoms with Crippen molar-refractivity contribution in [3.8, 4) is 0 Å². The Labute approximate surface area is 102 Å². The van der Waals surface area contributed by atoms with Crippen molar-refractivity contribution >= 4 is 11.6 Å². The van der Waals surface area contributed by atoms with Crippen LogP contribution in [0, 0.1) is 12.8 Å². The number of rotatable bonds is 1. The zero-order valence-corrected chi connectivity index (χ0v) is 10.1. The number of piperidine rings is 1. The van der Waals surface area contributed by atoms with Crippen molar-refractivity contribution < 1.29 is 4.79 Å². The van der Waals surface area contributed by atoms with Crippen molar-refractivity contribution in [3.05, 3.63) is 29.8 Å². The topological polar surface area (TPSA) is 32.3 Å². The Morgan fingerprint density at radius 2 is 2.06 bits per heavy atom. The monoisotopic (exact) mass is 230 g/mol. The first-order chi connectivity index (χ1) is 8.25. The van der Waals surface area contributed by atoms with E-state index in [1.54, 1.807) is 0 Å². The number of benzene rings is 1. The highest BCUT2D eigenvalue weighted by molar-refractivity contribution is 5.96. The van der Waals surface area contributed by atoms with Gasteiger partial charge in [-0.15, -0.1) is 0 Å². The highest BCUT2D eigenvalue weighted by Crippen LogP contribution is 2.33. The lowest BCUT2D eigenvalue weighted by Crippen LogP contribution is -2.46. The Morgan fingerprint density at radius 1 is 1.29 bits per heavy atom. The fraction of sp³-hybridized carbons (Fsp3) is 0.500. The molecule has 17 heavy (non-hydrogen) atoms. The van der Waals surface area contributed by atoms with Gasteiger partial charge in [-0.25, -0.2) is 0 Å². The van der Waals surface area contributed by atoms with Crippen molar-refractivity contribution in [1.29, 1.82) is 0 Å². The van der Waals surface area contributed by atoms with Gasteiger partial charge in [-0.1, -0.05) is 17.7 Å². The number of hydrogen-bond acceptors (Lipinski definition) is 2. The summed E-state index contributed by atoms with van der Waals surface area (Å²) in [5.74, 6) is 0.831. The first-order valence-electron chi connectivity index (χ1n) is 6.35. The van der Waals surface area contributed by atoms with Gasteiger partial charge < -0.3 is 10.2 Å². The predicted molar refractivity (Wildman–Crippen MR) is 68.0 cm³/mol. The molecule has 0 radical (unpaired) electrons. The normalized spacial score (nSPS) is 28.3. The molecule has 3 rings (SSSR count). The van der Waals surface area contributed by atoms with Crippen LogP contribution in [-0.4, -0.2) is 25.0 Å². The standard InChI is InChI=1S/C14H18N2O/c1-10-2-4-12(5-3-10)16-13-9-15-7-6-11(13)8-14(16)17/h2-5,11,13,15H,6-9H2,1H3. The average Bonchev–Trinajstić information content (AvgIpc) is 2.66. The van der Waals surface area contributed by atoms with Gasteiger partial charge in [0.15, 0.2) is 0 Å². The van der Waals surface area contributed by atoms with Gasteiger partial charge >= 0.3 is 0 Å². The van der Waals surface area contributed by atoms with E-state index in [1.807, 2.05) is 4.90 Å². The lowest BCUT2D eigenvalue weighted by atomic mass is 9.93. The van der Waals surface area contributed by atoms with Crippen LogP contribution >= 0.6 is 0 Å². The summed E-state index contributed by atoms with van der Waals surface area (Å²) in [5, 5.41) is 3.39. The second-order valence-corrected chi connectivity index (χ2v) is 5.12. The van der Waals surface area contributed by atoms with E-state index < -0.39 is 0 Å². The summed E-state index contributed by atoms with van der Waals surface area (Å²) >= 11 is 0. The van der Waals surface area contributed by atoms with Crippen LogP contribution in [0.2, 0.25) is 0 Å². The second kappa shape index (κ2) is 4.15. The summed E-state index contributed by atoms with van der Waals surface area (Å²) in [7, 11) is 0. The molecule has 3 nitrogen and oxygen atoms in total. The van der Waals surface area contributed by atoms with Crippen LogP contribution in [0.25, 0.3) is 0 Å². The molecule has 2 atom stereocenters. The van der Waals surface area contributed by atoms with Crippen molar-refractivity contribution in [1.82, 2.24) is 5.32 Å². The molecule has 0 spiro atoms. The summed E-state index contributed by atoms with van der Waals surface area (Å²) in [6.07, 6.45) is 1.85. The molecule has 2 unspecified atom stereocenters. The van der Waals surface area contributed by atoms with Crippen LogP contribution in [0.15, 0.2) is 24.3 Å². The lowest BCUT2D eigenvalue weighted by Gasteiger charge is -2.32. The third-order valence-electron chi connectivity index (χ3n) is 3.94. The van der Waals surface area contributed by atoms with Crippen LogP contribution in [0.4, 0.5) is 5.69 Å². The SMILES string of the molecule is Cc1ccc(N2C(=O)CC3CCNCC32)cc1. The van der Waals surface area contributed by atoms with E-state index in [1.165, 1.54) is 5.56 Å². The van der Waals surface area contributed by atoms with Crippen LogP contribution < -0.4 is 10.2 Å². The Kier molecular flexibility index (Phi) is 2.63. The average molecular weight is 230 g/mol. The highest BCUT2D eigenvalue weighted by Gasteiger charge is 2.41. The molecule has 90 valence electrons. The molecule has 0 aromatic heterocycles. The van der Waals surface area contributed by atoms with Crippen LogP contribution in [0.5, 0.6) is 0 Å². The van der Waals surface area contributed by atoms with E-state index in [0.717, 1.165) is 31.6 Å². The number of fused-ring (bicyclic) bond motifs is 1. The van der Waals surface area contributed by atoms with Gasteiger partial charge in [0.25, 0.3) is 0 Å². The number of nitrogens with one attached hydrogen (secondary N) is 1. The van der Waals surface area contributed by atoms with E-state index in [9.17, 15) is 4.79 Å². The van der Waals surface area contributed by atoms with Crippen LogP contribution in [-0.2, 0) is 4.79 Å². The molecule has 0 aliphatic carbocycles. The maximum Gasteiger partial charge on any atom is 0.227 e. The Balaban J connectivity index is 1.90. The van der Waals surface area contributed by atoms with Gasteiger partial charge in [-0.05, 0) is 37.9 Å². The predicted octanol–water partition coefficient (Wildman–Crippen LogP) is 1.71. The minimum absolute atomic E-state index is 0.285. The molecule has 2 fully saturated rings. The molecule has 0 saturated carbocycles. The van der Waals surface area contributed by atoms with Crippen molar-refractivity contribution in [3.63, 3.8) is 0 Å². The van der Waals surface area contributed by atoms with Gasteiger partial charge in [0, 0.05) is 18.7 Å². The first kappa shape index (κ1) is 10.8. The first-order valence-corrected chi connectivity index (χ1v) is 6.35. The number of aryl methyl sites for hydroxylation is 1. The molecule has 1 aromatic rings. The highest BCUT2D eigenvalue weighted by atomic mass is 16.2. The molecule has 0 bridgehead atoms. The minimum atomic E-state index is 0.285. The number of hydrogen-bond donors (Lipinski definition) is 1. The maximum atomic E-state index is 12.1. The molecule has 2 saturated heterocycles. The fourth-order valence-corrected chi connectivity index (χ4v) is 2.99. The summed E-state index contributed by atoms with van der Waals surface area (Å²) < 4.78 is 0. The largest absolute Gasteiger partial charge is 0.315 e. The zero-order chi connectivity index (χ0) is 11.8. The number of nitrogens with zero attached hydrogens (tertiary/aromatic N) is 1. The van der Waals surface area contributed by atoms with E-state index >= 15 is 0 Å². The Bertz CT molecular complexity index is 426. The molecule has 1 aromatic carbocycles. The van der Waals surface area contributed by atoms with E-state index in [-0.39, 0.29) is 5.91 Å². The van der Waals surface area contributed by atoms with E-state index in [0.29, 0.717) is 12.0 Å². The quantitative estimate of drug-likeness (QED) is 0.796. The number of carbonyl (C=O) groups is 1. The third kappa shape index (κ3) is 1.84. The third-order valence-corrected chi connectivity index (χ3v) is 3.94. The smallest absolute Gasteiger partial charge is 0.227 e. The van der Waals surface area contributed by atoms with Crippen molar-refractivity contribution in [2.75, 3.05) is 18.0 Å². The molecule has 1 N–H and O–H groups in total. The lowest BCUT2D eigenvalue weighted by molar-refractivity contribution is -0.117. The molecule has 1 amide bonds. The van der Waals surface area contributed by atoms with E-state index in [2.05, 4.69) is 36.5 Å². The van der Waals surface area contributed by atoms with Crippen molar-refractivity contribution in [2.45, 2.75) is 25.8 Å². The summed E-state index contributed by atoms with van der Waals surface area (Å²) in [6.45, 7) is 4.06. The fourth-order valence-electron chi connectivity index (χ4n) is 2.99. The summed E-state index contributed by atoms with van der Waals surface area (Å²) in [6, 6.07) is 8.63. The number of amides is 1. The Morgan fingerprint density at radius 3 is 2.82 bits per heavy atom. The van der Waals surface area contributed by atoms with Crippen molar-refractivity contribution in [2.24, 2.45) is 5.92 Å². The van der Waals surface area contributed by atoms with Gasteiger partial charge in [0.1, 0.15) is 0 Å². The molecule has 2 aliphatic heterocycles. The molecular formula is C14H18N2O. The van der Waals surface area contributed by atoms with Gasteiger partial charge in [-0.3, -0.25) is 4.79 Å². The van der Waals surface area contributed by atoms with Crippen LogP contribution in [0.1, 0.15) is 18.4 Å². The zero-order valence-electron chi connectivity index (χ0n) is 10.1. The van der Waals surface area contributed by atoms with Gasteiger partial charge in [-0.2, -0.15) is 0 Å². The minimum Gasteiger partial charge on any atom is -0.315 e. The van der Waals surface area contributed by atoms with Crippen LogP contribution in [0.3, 0.4) is 0 Å². The summed E-state index contributed by atoms with van der Waals surface area (Å²) in [5.41, 5.74) is 2.29. The summed E-state index contributed by atoms with van der Waals surface area (Å²) in [4.78, 5) is 14.1. The van der Waals surface area contributed by atoms with Gasteiger partial charge in [0.2, 0.25) is 5.91 Å². The number of anilines is 1. The molecule has 2 heterocycles. The second-order valence-electron chi connectivity index (χ2n) is 5.12. The van der Waals surface area contributed by atoms with E-state index in [4.69, 9.17) is 0 Å². The number of carbonyl (C=O) groups excluding carboxylic acids is 1. The maximum absolute atomic E-state index is 12.1. The molecule has 3 heteroatoms. The Hall–Kier alpha value is -1.35. The molecule has 2 aliphatic rings. The molecular weight excluding hydrogens is 212 g/mol.